The molecule has 0 radical (unpaired) electrons. The van der Waals surface area contributed by atoms with Crippen LogP contribution in [-0.2, 0) is 14.8 Å². The summed E-state index contributed by atoms with van der Waals surface area (Å²) in [6, 6.07) is 15.6. The van der Waals surface area contributed by atoms with E-state index >= 15 is 0 Å². The first kappa shape index (κ1) is 27.5. The fourth-order valence-electron chi connectivity index (χ4n) is 6.61. The smallest absolute Gasteiger partial charge is 0.220 e. The summed E-state index contributed by atoms with van der Waals surface area (Å²) in [5.74, 6) is 0.207. The second-order valence-corrected chi connectivity index (χ2v) is 13.1. The molecular weight excluding hydrogens is 496 g/mol. The Morgan fingerprint density at radius 3 is 2.47 bits per heavy atom. The topological polar surface area (TPSA) is 65.1 Å². The summed E-state index contributed by atoms with van der Waals surface area (Å²) in [5.41, 5.74) is 9.59. The molecule has 2 aromatic carbocycles. The number of methoxy groups -OCH3 is 1. The molecule has 3 aliphatic rings. The largest absolute Gasteiger partial charge is 0.383 e. The van der Waals surface area contributed by atoms with Crippen LogP contribution in [0.15, 0.2) is 54.6 Å². The van der Waals surface area contributed by atoms with E-state index < -0.39 is 15.3 Å². The van der Waals surface area contributed by atoms with Gasteiger partial charge in [0.2, 0.25) is 10.0 Å². The average molecular weight is 539 g/mol. The van der Waals surface area contributed by atoms with Gasteiger partial charge in [0.1, 0.15) is 5.25 Å². The Balaban J connectivity index is 1.42. The number of hydrazine groups is 1. The molecule has 2 fully saturated rings. The average Bonchev–Trinajstić information content (AvgIpc) is 3.28. The van der Waals surface area contributed by atoms with Crippen LogP contribution in [0.2, 0.25) is 0 Å². The maximum Gasteiger partial charge on any atom is 0.220 e. The summed E-state index contributed by atoms with van der Waals surface area (Å²) in [5, 5.41) is 1.58. The number of benzene rings is 2. The number of hydrogen-bond donors (Lipinski definition) is 1. The SMILES string of the molecule is CCN1NCC(S(=O)(=O)N2C/C=C\CN3C(C2)[C@H](c2ccc(-c4cccc(C)c4C)cc2)[C@H]3COC)C1C. The zero-order chi connectivity index (χ0) is 27.0. The minimum atomic E-state index is -3.48. The summed E-state index contributed by atoms with van der Waals surface area (Å²) < 4.78 is 35.2. The molecule has 0 aliphatic carbocycles. The highest BCUT2D eigenvalue weighted by molar-refractivity contribution is 7.89. The van der Waals surface area contributed by atoms with Gasteiger partial charge in [0.15, 0.2) is 0 Å². The van der Waals surface area contributed by atoms with Crippen LogP contribution in [-0.4, -0.2) is 92.4 Å². The summed E-state index contributed by atoms with van der Waals surface area (Å²) in [7, 11) is -1.73. The predicted octanol–water partition coefficient (Wildman–Crippen LogP) is 3.55. The molecule has 0 saturated carbocycles. The Bertz CT molecular complexity index is 1260. The highest BCUT2D eigenvalue weighted by Gasteiger charge is 2.51. The molecule has 7 nitrogen and oxygen atoms in total. The van der Waals surface area contributed by atoms with Gasteiger partial charge in [0.05, 0.1) is 6.61 Å². The molecule has 1 N–H and O–H groups in total. The van der Waals surface area contributed by atoms with Gasteiger partial charge >= 0.3 is 0 Å². The van der Waals surface area contributed by atoms with Crippen molar-refractivity contribution < 1.29 is 13.2 Å². The number of hydrogen-bond acceptors (Lipinski definition) is 6. The number of aryl methyl sites for hydroxylation is 1. The molecule has 206 valence electrons. The number of ether oxygens (including phenoxy) is 1. The summed E-state index contributed by atoms with van der Waals surface area (Å²) in [6.07, 6.45) is 4.13. The van der Waals surface area contributed by atoms with Crippen molar-refractivity contribution in [1.82, 2.24) is 19.6 Å². The Morgan fingerprint density at radius 1 is 1.05 bits per heavy atom. The molecule has 5 atom stereocenters. The number of nitrogens with zero attached hydrogens (tertiary/aromatic N) is 3. The normalized spacial score (nSPS) is 29.9. The molecule has 3 heterocycles. The highest BCUT2D eigenvalue weighted by Crippen LogP contribution is 2.43. The monoisotopic (exact) mass is 538 g/mol. The minimum Gasteiger partial charge on any atom is -0.383 e. The quantitative estimate of drug-likeness (QED) is 0.544. The van der Waals surface area contributed by atoms with Gasteiger partial charge in [-0.1, -0.05) is 61.5 Å². The van der Waals surface area contributed by atoms with Crippen LogP contribution in [0.3, 0.4) is 0 Å². The van der Waals surface area contributed by atoms with Gasteiger partial charge in [-0.25, -0.2) is 13.4 Å². The van der Waals surface area contributed by atoms with E-state index in [0.717, 1.165) is 13.1 Å². The molecule has 38 heavy (non-hydrogen) atoms. The Morgan fingerprint density at radius 2 is 1.79 bits per heavy atom. The first-order chi connectivity index (χ1) is 18.3. The molecule has 2 saturated heterocycles. The molecule has 3 aliphatic heterocycles. The zero-order valence-electron chi connectivity index (χ0n) is 23.3. The van der Waals surface area contributed by atoms with Crippen LogP contribution in [0, 0.1) is 13.8 Å². The van der Waals surface area contributed by atoms with E-state index in [1.807, 2.05) is 18.0 Å². The summed E-state index contributed by atoms with van der Waals surface area (Å²) in [4.78, 5) is 2.42. The van der Waals surface area contributed by atoms with Crippen LogP contribution < -0.4 is 5.43 Å². The molecule has 8 heteroatoms. The molecule has 2 aromatic rings. The van der Waals surface area contributed by atoms with Gasteiger partial charge in [-0.15, -0.1) is 0 Å². The van der Waals surface area contributed by atoms with Crippen molar-refractivity contribution in [3.05, 3.63) is 71.3 Å². The van der Waals surface area contributed by atoms with E-state index in [-0.39, 0.29) is 24.0 Å². The van der Waals surface area contributed by atoms with Crippen molar-refractivity contribution in [3.63, 3.8) is 0 Å². The van der Waals surface area contributed by atoms with Crippen LogP contribution in [0.1, 0.15) is 36.5 Å². The van der Waals surface area contributed by atoms with Crippen LogP contribution in [0.25, 0.3) is 11.1 Å². The number of sulfonamides is 1. The lowest BCUT2D eigenvalue weighted by molar-refractivity contribution is -0.0508. The van der Waals surface area contributed by atoms with Gasteiger partial charge in [-0.3, -0.25) is 10.3 Å². The Kier molecular flexibility index (Phi) is 8.10. The van der Waals surface area contributed by atoms with E-state index in [1.165, 1.54) is 27.8 Å². The second kappa shape index (κ2) is 11.2. The maximum atomic E-state index is 13.9. The van der Waals surface area contributed by atoms with E-state index in [1.54, 1.807) is 11.4 Å². The third-order valence-corrected chi connectivity index (χ3v) is 11.4. The van der Waals surface area contributed by atoms with E-state index in [9.17, 15) is 8.42 Å². The van der Waals surface area contributed by atoms with E-state index in [0.29, 0.717) is 26.2 Å². The Hall–Kier alpha value is -2.07. The van der Waals surface area contributed by atoms with E-state index in [2.05, 4.69) is 79.6 Å². The van der Waals surface area contributed by atoms with Crippen LogP contribution >= 0.6 is 0 Å². The number of rotatable bonds is 7. The lowest BCUT2D eigenvalue weighted by Crippen LogP contribution is -2.68. The lowest BCUT2D eigenvalue weighted by Gasteiger charge is -2.56. The van der Waals surface area contributed by atoms with Crippen LogP contribution in [0.5, 0.6) is 0 Å². The highest BCUT2D eigenvalue weighted by atomic mass is 32.2. The Labute approximate surface area is 228 Å². The lowest BCUT2D eigenvalue weighted by atomic mass is 9.74. The number of fused-ring (bicyclic) bond motifs is 1. The van der Waals surface area contributed by atoms with Crippen molar-refractivity contribution in [1.29, 1.82) is 0 Å². The number of nitrogens with one attached hydrogen (secondary N) is 1. The standard InChI is InChI=1S/C30H42N4O3S/c1-6-34-23(4)29(18-31-34)38(35,36)32-16-7-8-17-33-27(19-32)30(28(33)20-37-5)25-14-12-24(13-15-25)26-11-9-10-21(2)22(26)3/h7-15,23,27-31H,6,16-20H2,1-5H3/b8-7-/t23?,27?,28-,29?,30+/m1/s1. The summed E-state index contributed by atoms with van der Waals surface area (Å²) in [6.45, 7) is 12.0. The van der Waals surface area contributed by atoms with Crippen molar-refractivity contribution in [2.24, 2.45) is 0 Å². The molecule has 3 unspecified atom stereocenters. The third kappa shape index (κ3) is 4.87. The van der Waals surface area contributed by atoms with E-state index in [4.69, 9.17) is 4.74 Å². The fourth-order valence-corrected chi connectivity index (χ4v) is 8.58. The zero-order valence-corrected chi connectivity index (χ0v) is 24.1. The van der Waals surface area contributed by atoms with Gasteiger partial charge in [-0.2, -0.15) is 4.31 Å². The van der Waals surface area contributed by atoms with Gasteiger partial charge in [0.25, 0.3) is 0 Å². The van der Waals surface area contributed by atoms with Gasteiger partial charge < -0.3 is 4.74 Å². The van der Waals surface area contributed by atoms with Crippen LogP contribution in [0.4, 0.5) is 0 Å². The maximum absolute atomic E-state index is 13.9. The summed E-state index contributed by atoms with van der Waals surface area (Å²) >= 11 is 0. The van der Waals surface area contributed by atoms with Gasteiger partial charge in [0, 0.05) is 63.9 Å². The van der Waals surface area contributed by atoms with Crippen molar-refractivity contribution in [3.8, 4) is 11.1 Å². The molecule has 0 aromatic heterocycles. The van der Waals surface area contributed by atoms with Crippen molar-refractivity contribution in [2.75, 3.05) is 46.4 Å². The predicted molar refractivity (Wildman–Crippen MR) is 154 cm³/mol. The molecule has 5 rings (SSSR count). The first-order valence-corrected chi connectivity index (χ1v) is 15.3. The second-order valence-electron chi connectivity index (χ2n) is 10.9. The molecule has 0 bridgehead atoms. The van der Waals surface area contributed by atoms with Crippen molar-refractivity contribution in [2.45, 2.75) is 57.0 Å². The third-order valence-electron chi connectivity index (χ3n) is 9.02. The molecular formula is C30H42N4O3S. The van der Waals surface area contributed by atoms with Gasteiger partial charge in [-0.05, 0) is 48.6 Å². The molecule has 0 spiro atoms. The fraction of sp³-hybridized carbons (Fsp3) is 0.533. The minimum absolute atomic E-state index is 0.0634. The first-order valence-electron chi connectivity index (χ1n) is 13.8. The van der Waals surface area contributed by atoms with Crippen molar-refractivity contribution >= 4 is 10.0 Å². The molecule has 0 amide bonds.